The van der Waals surface area contributed by atoms with Crippen molar-refractivity contribution >= 4 is 40.7 Å². The number of anilines is 1. The standard InChI is InChI=1S/C19H18Cl2N2O2/c1-12-4-3-5-15(10-12)23-9-8-22(13(2)18(23)24)19(25)16-7-6-14(20)11-17(16)21/h3-7,10-11,13H,8-9H2,1-2H3. The zero-order valence-corrected chi connectivity index (χ0v) is 15.5. The maximum absolute atomic E-state index is 12.8. The summed E-state index contributed by atoms with van der Waals surface area (Å²) in [4.78, 5) is 28.9. The predicted molar refractivity (Wildman–Crippen MR) is 100 cm³/mol. The number of nitrogens with zero attached hydrogens (tertiary/aromatic N) is 2. The van der Waals surface area contributed by atoms with Crippen LogP contribution in [0.2, 0.25) is 10.0 Å². The molecule has 2 amide bonds. The van der Waals surface area contributed by atoms with Crippen LogP contribution in [-0.2, 0) is 4.79 Å². The van der Waals surface area contributed by atoms with Crippen LogP contribution in [0.3, 0.4) is 0 Å². The maximum atomic E-state index is 12.8. The van der Waals surface area contributed by atoms with Crippen molar-refractivity contribution < 1.29 is 9.59 Å². The number of aryl methyl sites for hydroxylation is 1. The lowest BCUT2D eigenvalue weighted by Gasteiger charge is -2.39. The minimum Gasteiger partial charge on any atom is -0.325 e. The third-order valence-electron chi connectivity index (χ3n) is 4.39. The molecule has 1 aliphatic rings. The van der Waals surface area contributed by atoms with Crippen molar-refractivity contribution in [3.8, 4) is 0 Å². The largest absolute Gasteiger partial charge is 0.325 e. The van der Waals surface area contributed by atoms with Gasteiger partial charge in [-0.2, -0.15) is 0 Å². The summed E-state index contributed by atoms with van der Waals surface area (Å²) in [6.07, 6.45) is 0. The summed E-state index contributed by atoms with van der Waals surface area (Å²) in [5.74, 6) is -0.360. The average molecular weight is 377 g/mol. The minimum absolute atomic E-state index is 0.102. The van der Waals surface area contributed by atoms with E-state index in [0.717, 1.165) is 11.3 Å². The van der Waals surface area contributed by atoms with Crippen molar-refractivity contribution in [3.05, 3.63) is 63.6 Å². The molecule has 1 atom stereocenters. The number of hydrogen-bond acceptors (Lipinski definition) is 2. The summed E-state index contributed by atoms with van der Waals surface area (Å²) >= 11 is 12.0. The lowest BCUT2D eigenvalue weighted by Crippen LogP contribution is -2.57. The van der Waals surface area contributed by atoms with Crippen LogP contribution in [0.25, 0.3) is 0 Å². The Labute approximate surface area is 156 Å². The van der Waals surface area contributed by atoms with E-state index in [1.165, 1.54) is 6.07 Å². The molecule has 0 spiro atoms. The van der Waals surface area contributed by atoms with Gasteiger partial charge in [-0.25, -0.2) is 0 Å². The number of rotatable bonds is 2. The highest BCUT2D eigenvalue weighted by molar-refractivity contribution is 6.36. The van der Waals surface area contributed by atoms with E-state index in [9.17, 15) is 9.59 Å². The molecule has 6 heteroatoms. The molecule has 1 heterocycles. The molecule has 0 N–H and O–H groups in total. The SMILES string of the molecule is Cc1cccc(N2CCN(C(=O)c3ccc(Cl)cc3Cl)C(C)C2=O)c1. The van der Waals surface area contributed by atoms with Gasteiger partial charge in [0.25, 0.3) is 5.91 Å². The second-order valence-electron chi connectivity index (χ2n) is 6.13. The van der Waals surface area contributed by atoms with Crippen LogP contribution >= 0.6 is 23.2 Å². The molecule has 1 unspecified atom stereocenters. The van der Waals surface area contributed by atoms with E-state index in [-0.39, 0.29) is 11.8 Å². The highest BCUT2D eigenvalue weighted by Gasteiger charge is 2.35. The van der Waals surface area contributed by atoms with E-state index in [4.69, 9.17) is 23.2 Å². The van der Waals surface area contributed by atoms with Gasteiger partial charge in [0.15, 0.2) is 0 Å². The molecule has 3 rings (SSSR count). The molecule has 0 saturated carbocycles. The van der Waals surface area contributed by atoms with Crippen molar-refractivity contribution in [2.24, 2.45) is 0 Å². The second-order valence-corrected chi connectivity index (χ2v) is 6.97. The van der Waals surface area contributed by atoms with E-state index < -0.39 is 6.04 Å². The van der Waals surface area contributed by atoms with E-state index in [0.29, 0.717) is 28.7 Å². The van der Waals surface area contributed by atoms with E-state index in [2.05, 4.69) is 0 Å². The highest BCUT2D eigenvalue weighted by Crippen LogP contribution is 2.26. The Balaban J connectivity index is 1.83. The van der Waals surface area contributed by atoms with Crippen LogP contribution in [0.1, 0.15) is 22.8 Å². The smallest absolute Gasteiger partial charge is 0.256 e. The molecule has 130 valence electrons. The van der Waals surface area contributed by atoms with Crippen molar-refractivity contribution in [1.29, 1.82) is 0 Å². The van der Waals surface area contributed by atoms with Gasteiger partial charge in [0.05, 0.1) is 10.6 Å². The van der Waals surface area contributed by atoms with Gasteiger partial charge in [-0.1, -0.05) is 35.3 Å². The summed E-state index contributed by atoms with van der Waals surface area (Å²) in [7, 11) is 0. The van der Waals surface area contributed by atoms with Crippen LogP contribution < -0.4 is 4.90 Å². The highest BCUT2D eigenvalue weighted by atomic mass is 35.5. The Kier molecular flexibility index (Phi) is 5.02. The first-order chi connectivity index (χ1) is 11.9. The molecule has 0 radical (unpaired) electrons. The van der Waals surface area contributed by atoms with Crippen molar-refractivity contribution in [3.63, 3.8) is 0 Å². The zero-order chi connectivity index (χ0) is 18.1. The quantitative estimate of drug-likeness (QED) is 0.788. The number of benzene rings is 2. The number of hydrogen-bond donors (Lipinski definition) is 0. The number of carbonyl (C=O) groups excluding carboxylic acids is 2. The van der Waals surface area contributed by atoms with Crippen molar-refractivity contribution in [1.82, 2.24) is 4.90 Å². The van der Waals surface area contributed by atoms with Gasteiger partial charge in [0, 0.05) is 23.8 Å². The van der Waals surface area contributed by atoms with Gasteiger partial charge < -0.3 is 9.80 Å². The van der Waals surface area contributed by atoms with Gasteiger partial charge in [-0.3, -0.25) is 9.59 Å². The first-order valence-corrected chi connectivity index (χ1v) is 8.78. The average Bonchev–Trinajstić information content (AvgIpc) is 2.56. The fraction of sp³-hybridized carbons (Fsp3) is 0.263. The third kappa shape index (κ3) is 3.51. The van der Waals surface area contributed by atoms with Crippen molar-refractivity contribution in [2.45, 2.75) is 19.9 Å². The number of piperazine rings is 1. The van der Waals surface area contributed by atoms with Crippen LogP contribution in [-0.4, -0.2) is 35.8 Å². The van der Waals surface area contributed by atoms with Crippen LogP contribution in [0.4, 0.5) is 5.69 Å². The summed E-state index contributed by atoms with van der Waals surface area (Å²) in [5, 5.41) is 0.758. The Morgan fingerprint density at radius 3 is 2.56 bits per heavy atom. The van der Waals surface area contributed by atoms with Crippen molar-refractivity contribution in [2.75, 3.05) is 18.0 Å². The molecule has 1 fully saturated rings. The zero-order valence-electron chi connectivity index (χ0n) is 14.0. The summed E-state index contributed by atoms with van der Waals surface area (Å²) < 4.78 is 0. The lowest BCUT2D eigenvalue weighted by atomic mass is 10.1. The Hall–Kier alpha value is -2.04. The summed E-state index contributed by atoms with van der Waals surface area (Å²) in [5.41, 5.74) is 2.30. The minimum atomic E-state index is -0.562. The molecule has 1 saturated heterocycles. The molecule has 2 aromatic carbocycles. The van der Waals surface area contributed by atoms with Gasteiger partial charge in [0.1, 0.15) is 6.04 Å². The normalized spacial score (nSPS) is 17.8. The molecule has 2 aromatic rings. The topological polar surface area (TPSA) is 40.6 Å². The first-order valence-electron chi connectivity index (χ1n) is 8.02. The van der Waals surface area contributed by atoms with E-state index in [1.807, 2.05) is 31.2 Å². The van der Waals surface area contributed by atoms with Gasteiger partial charge in [0.2, 0.25) is 5.91 Å². The van der Waals surface area contributed by atoms with Crippen LogP contribution in [0, 0.1) is 6.92 Å². The fourth-order valence-electron chi connectivity index (χ4n) is 3.02. The third-order valence-corrected chi connectivity index (χ3v) is 4.94. The molecule has 0 bridgehead atoms. The lowest BCUT2D eigenvalue weighted by molar-refractivity contribution is -0.124. The molecule has 4 nitrogen and oxygen atoms in total. The Morgan fingerprint density at radius 1 is 1.12 bits per heavy atom. The van der Waals surface area contributed by atoms with E-state index >= 15 is 0 Å². The monoisotopic (exact) mass is 376 g/mol. The first kappa shape index (κ1) is 17.8. The van der Waals surface area contributed by atoms with Crippen LogP contribution in [0.15, 0.2) is 42.5 Å². The molecular formula is C19H18Cl2N2O2. The molecular weight excluding hydrogens is 359 g/mol. The number of halogens is 2. The number of carbonyl (C=O) groups is 2. The number of amides is 2. The van der Waals surface area contributed by atoms with Gasteiger partial charge in [-0.05, 0) is 49.7 Å². The summed E-state index contributed by atoms with van der Waals surface area (Å²) in [6, 6.07) is 12.0. The summed E-state index contributed by atoms with van der Waals surface area (Å²) in [6.45, 7) is 4.62. The fourth-order valence-corrected chi connectivity index (χ4v) is 3.51. The van der Waals surface area contributed by atoms with E-state index in [1.54, 1.807) is 28.9 Å². The Morgan fingerprint density at radius 2 is 1.88 bits per heavy atom. The molecule has 25 heavy (non-hydrogen) atoms. The maximum Gasteiger partial charge on any atom is 0.256 e. The molecule has 1 aliphatic heterocycles. The second kappa shape index (κ2) is 7.06. The van der Waals surface area contributed by atoms with Gasteiger partial charge in [-0.15, -0.1) is 0 Å². The predicted octanol–water partition coefficient (Wildman–Crippen LogP) is 4.18. The van der Waals surface area contributed by atoms with Crippen LogP contribution in [0.5, 0.6) is 0 Å². The molecule has 0 aromatic heterocycles. The Bertz CT molecular complexity index is 838. The van der Waals surface area contributed by atoms with Gasteiger partial charge >= 0.3 is 0 Å². The molecule has 0 aliphatic carbocycles.